The zero-order chi connectivity index (χ0) is 9.30. The van der Waals surface area contributed by atoms with Gasteiger partial charge in [-0.15, -0.1) is 0 Å². The van der Waals surface area contributed by atoms with Gasteiger partial charge < -0.3 is 15.2 Å². The van der Waals surface area contributed by atoms with Crippen LogP contribution in [0.3, 0.4) is 0 Å². The second-order valence-electron chi connectivity index (χ2n) is 2.16. The molecule has 0 bridgehead atoms. The molecule has 7 heteroatoms. The summed E-state index contributed by atoms with van der Waals surface area (Å²) in [6.45, 7) is 0. The van der Waals surface area contributed by atoms with Crippen LogP contribution in [0.15, 0.2) is 0 Å². The van der Waals surface area contributed by atoms with Crippen molar-refractivity contribution in [2.24, 2.45) is 0 Å². The molecular weight excluding hydrogens is 176 g/mol. The van der Waals surface area contributed by atoms with Gasteiger partial charge in [0.1, 0.15) is 0 Å². The number of rotatable bonds is 2. The fourth-order valence-electron chi connectivity index (χ4n) is 0.834. The first-order chi connectivity index (χ1) is 5.52. The van der Waals surface area contributed by atoms with Crippen LogP contribution in [0.2, 0.25) is 0 Å². The fourth-order valence-corrected chi connectivity index (χ4v) is 0.834. The Morgan fingerprint density at radius 3 is 2.58 bits per heavy atom. The van der Waals surface area contributed by atoms with Crippen LogP contribution in [-0.2, 0) is 9.53 Å². The molecule has 1 aliphatic heterocycles. The van der Waals surface area contributed by atoms with Gasteiger partial charge in [-0.1, -0.05) is 0 Å². The Kier molecular flexibility index (Phi) is 2.11. The van der Waals surface area contributed by atoms with Gasteiger partial charge in [0, 0.05) is 0 Å². The third-order valence-corrected chi connectivity index (χ3v) is 1.36. The number of halogens is 2. The second-order valence-corrected chi connectivity index (χ2v) is 2.16. The van der Waals surface area contributed by atoms with Crippen molar-refractivity contribution in [2.75, 3.05) is 0 Å². The van der Waals surface area contributed by atoms with Crippen LogP contribution in [0.1, 0.15) is 0 Å². The number of alkyl carbamates (subject to hydrolysis) is 1. The van der Waals surface area contributed by atoms with Crippen molar-refractivity contribution in [3.8, 4) is 0 Å². The summed E-state index contributed by atoms with van der Waals surface area (Å²) in [5.74, 6) is -1.54. The van der Waals surface area contributed by atoms with E-state index in [2.05, 4.69) is 4.74 Å². The standard InChI is InChI=1S/C5H5F2NO4/c6-3(7)2-1(4(9)10)8-5(11)12-2/h1-3H,(H,8,11)(H,9,10)/t1-,2+/m0/s1. The highest BCUT2D eigenvalue weighted by molar-refractivity contribution is 5.83. The van der Waals surface area contributed by atoms with Crippen LogP contribution < -0.4 is 5.32 Å². The Labute approximate surface area is 65.3 Å². The highest BCUT2D eigenvalue weighted by Gasteiger charge is 2.44. The van der Waals surface area contributed by atoms with Gasteiger partial charge in [-0.2, -0.15) is 0 Å². The molecule has 0 aromatic rings. The highest BCUT2D eigenvalue weighted by Crippen LogP contribution is 2.16. The number of cyclic esters (lactones) is 1. The lowest BCUT2D eigenvalue weighted by Crippen LogP contribution is -2.42. The van der Waals surface area contributed by atoms with Crippen LogP contribution in [0.5, 0.6) is 0 Å². The topological polar surface area (TPSA) is 75.6 Å². The van der Waals surface area contributed by atoms with Gasteiger partial charge in [0.2, 0.25) is 0 Å². The summed E-state index contributed by atoms with van der Waals surface area (Å²) < 4.78 is 27.9. The van der Waals surface area contributed by atoms with E-state index in [1.165, 1.54) is 0 Å². The SMILES string of the molecule is O=C1N[C@H](C(=O)O)[C@H](C(F)F)O1. The molecule has 1 amide bonds. The molecule has 0 unspecified atom stereocenters. The minimum absolute atomic E-state index is 1.13. The van der Waals surface area contributed by atoms with E-state index in [1.807, 2.05) is 0 Å². The molecule has 0 aromatic heterocycles. The summed E-state index contributed by atoms with van der Waals surface area (Å²) >= 11 is 0. The molecule has 0 saturated carbocycles. The molecule has 1 heterocycles. The molecule has 5 nitrogen and oxygen atoms in total. The average molecular weight is 181 g/mol. The third-order valence-electron chi connectivity index (χ3n) is 1.36. The maximum Gasteiger partial charge on any atom is 0.408 e. The quantitative estimate of drug-likeness (QED) is 0.619. The molecule has 1 fully saturated rings. The molecule has 12 heavy (non-hydrogen) atoms. The van der Waals surface area contributed by atoms with Crippen LogP contribution in [-0.4, -0.2) is 35.7 Å². The van der Waals surface area contributed by atoms with Crippen molar-refractivity contribution >= 4 is 12.1 Å². The van der Waals surface area contributed by atoms with E-state index in [4.69, 9.17) is 5.11 Å². The number of carboxylic acid groups (broad SMARTS) is 1. The van der Waals surface area contributed by atoms with E-state index >= 15 is 0 Å². The summed E-state index contributed by atoms with van der Waals surface area (Å²) in [7, 11) is 0. The minimum atomic E-state index is -3.00. The molecule has 1 rings (SSSR count). The van der Waals surface area contributed by atoms with Crippen molar-refractivity contribution < 1.29 is 28.2 Å². The van der Waals surface area contributed by atoms with Crippen molar-refractivity contribution in [3.63, 3.8) is 0 Å². The average Bonchev–Trinajstić information content (AvgIpc) is 2.31. The molecule has 0 aliphatic carbocycles. The fraction of sp³-hybridized carbons (Fsp3) is 0.600. The predicted octanol–water partition coefficient (Wildman–Crippen LogP) is -0.187. The lowest BCUT2D eigenvalue weighted by atomic mass is 10.2. The Morgan fingerprint density at radius 1 is 1.67 bits per heavy atom. The molecule has 2 N–H and O–H groups in total. The van der Waals surface area contributed by atoms with E-state index in [9.17, 15) is 18.4 Å². The third kappa shape index (κ3) is 1.44. The van der Waals surface area contributed by atoms with E-state index < -0.39 is 30.6 Å². The smallest absolute Gasteiger partial charge is 0.408 e. The van der Waals surface area contributed by atoms with Crippen molar-refractivity contribution in [3.05, 3.63) is 0 Å². The number of carbonyl (C=O) groups is 2. The highest BCUT2D eigenvalue weighted by atomic mass is 19.3. The molecule has 0 spiro atoms. The molecule has 2 atom stereocenters. The first kappa shape index (κ1) is 8.69. The van der Waals surface area contributed by atoms with Crippen molar-refractivity contribution in [1.82, 2.24) is 5.32 Å². The Morgan fingerprint density at radius 2 is 2.25 bits per heavy atom. The number of amides is 1. The number of carboxylic acids is 1. The zero-order valence-corrected chi connectivity index (χ0v) is 5.66. The lowest BCUT2D eigenvalue weighted by molar-refractivity contribution is -0.142. The minimum Gasteiger partial charge on any atom is -0.480 e. The van der Waals surface area contributed by atoms with Gasteiger partial charge in [-0.3, -0.25) is 0 Å². The van der Waals surface area contributed by atoms with Gasteiger partial charge in [0.05, 0.1) is 0 Å². The van der Waals surface area contributed by atoms with E-state index in [0.717, 1.165) is 0 Å². The monoisotopic (exact) mass is 181 g/mol. The number of hydrogen-bond donors (Lipinski definition) is 2. The lowest BCUT2D eigenvalue weighted by Gasteiger charge is -2.10. The van der Waals surface area contributed by atoms with Crippen molar-refractivity contribution in [2.45, 2.75) is 18.6 Å². The maximum absolute atomic E-state index is 11.9. The van der Waals surface area contributed by atoms with Gasteiger partial charge in [0.15, 0.2) is 12.1 Å². The van der Waals surface area contributed by atoms with Crippen LogP contribution in [0.25, 0.3) is 0 Å². The molecule has 1 saturated heterocycles. The van der Waals surface area contributed by atoms with Crippen LogP contribution in [0, 0.1) is 0 Å². The number of hydrogen-bond acceptors (Lipinski definition) is 3. The van der Waals surface area contributed by atoms with Crippen LogP contribution in [0.4, 0.5) is 13.6 Å². The maximum atomic E-state index is 11.9. The first-order valence-electron chi connectivity index (χ1n) is 3.00. The Hall–Kier alpha value is -1.40. The number of nitrogens with one attached hydrogen (secondary N) is 1. The number of aliphatic carboxylic acids is 1. The Bertz CT molecular complexity index is 219. The second kappa shape index (κ2) is 2.92. The molecule has 1 aliphatic rings. The molecule has 68 valence electrons. The first-order valence-corrected chi connectivity index (χ1v) is 3.00. The van der Waals surface area contributed by atoms with Gasteiger partial charge >= 0.3 is 12.1 Å². The number of ether oxygens (including phenoxy) is 1. The molecule has 0 radical (unpaired) electrons. The predicted molar refractivity (Wildman–Crippen MR) is 30.8 cm³/mol. The van der Waals surface area contributed by atoms with Gasteiger partial charge in [-0.25, -0.2) is 18.4 Å². The van der Waals surface area contributed by atoms with E-state index in [1.54, 1.807) is 5.32 Å². The Balaban J connectivity index is 2.72. The van der Waals surface area contributed by atoms with E-state index in [0.29, 0.717) is 0 Å². The normalized spacial score (nSPS) is 28.4. The van der Waals surface area contributed by atoms with Gasteiger partial charge in [-0.05, 0) is 0 Å². The summed E-state index contributed by atoms with van der Waals surface area (Å²) in [6.07, 6.45) is -6.02. The van der Waals surface area contributed by atoms with Crippen molar-refractivity contribution in [1.29, 1.82) is 0 Å². The molecule has 0 aromatic carbocycles. The van der Waals surface area contributed by atoms with Crippen LogP contribution >= 0.6 is 0 Å². The summed E-state index contributed by atoms with van der Waals surface area (Å²) in [5.41, 5.74) is 0. The molecular formula is C5H5F2NO4. The van der Waals surface area contributed by atoms with Gasteiger partial charge in [0.25, 0.3) is 6.43 Å². The van der Waals surface area contributed by atoms with E-state index in [-0.39, 0.29) is 0 Å². The zero-order valence-electron chi connectivity index (χ0n) is 5.66. The summed E-state index contributed by atoms with van der Waals surface area (Å²) in [5, 5.41) is 10.1. The number of alkyl halides is 2. The number of carbonyl (C=O) groups excluding carboxylic acids is 1. The summed E-state index contributed by atoms with van der Waals surface area (Å²) in [4.78, 5) is 20.6. The summed E-state index contributed by atoms with van der Waals surface area (Å²) in [6, 6.07) is -1.66. The largest absolute Gasteiger partial charge is 0.480 e.